The van der Waals surface area contributed by atoms with Crippen molar-refractivity contribution in [1.82, 2.24) is 0 Å². The molecule has 2 rings (SSSR count). The first-order valence-electron chi connectivity index (χ1n) is 6.19. The summed E-state index contributed by atoms with van der Waals surface area (Å²) < 4.78 is 5.91. The zero-order chi connectivity index (χ0) is 11.4. The largest absolute Gasteiger partial charge is 0.375 e. The third-order valence-electron chi connectivity index (χ3n) is 3.47. The van der Waals surface area contributed by atoms with Crippen LogP contribution in [-0.4, -0.2) is 18.8 Å². The highest BCUT2D eigenvalue weighted by Crippen LogP contribution is 2.30. The van der Waals surface area contributed by atoms with E-state index in [0.29, 0.717) is 18.1 Å². The van der Waals surface area contributed by atoms with E-state index in [1.54, 1.807) is 0 Å². The van der Waals surface area contributed by atoms with E-state index in [4.69, 9.17) is 10.5 Å². The Morgan fingerprint density at radius 1 is 1.31 bits per heavy atom. The fraction of sp³-hybridized carbons (Fsp3) is 0.571. The predicted molar refractivity (Wildman–Crippen MR) is 66.3 cm³/mol. The van der Waals surface area contributed by atoms with E-state index in [1.807, 2.05) is 0 Å². The van der Waals surface area contributed by atoms with Crippen LogP contribution < -0.4 is 5.73 Å². The van der Waals surface area contributed by atoms with Crippen LogP contribution in [0.25, 0.3) is 0 Å². The maximum absolute atomic E-state index is 5.91. The summed E-state index contributed by atoms with van der Waals surface area (Å²) in [6.45, 7) is 2.92. The lowest BCUT2D eigenvalue weighted by atomic mass is 9.92. The van der Waals surface area contributed by atoms with Crippen LogP contribution in [0.15, 0.2) is 30.3 Å². The number of benzene rings is 1. The number of nitrogens with two attached hydrogens (primary N) is 1. The van der Waals surface area contributed by atoms with Gasteiger partial charge in [-0.2, -0.15) is 0 Å². The number of hydrogen-bond acceptors (Lipinski definition) is 2. The standard InChI is InChI=1S/C14H21NO/c1-11-13(10-14(16-11)7-8-15)9-12-5-3-2-4-6-12/h2-6,11,13-14H,7-10,15H2,1H3/t11-,13-,14+/m0/s1. The van der Waals surface area contributed by atoms with Gasteiger partial charge in [-0.05, 0) is 44.2 Å². The maximum Gasteiger partial charge on any atom is 0.0594 e. The molecule has 2 nitrogen and oxygen atoms in total. The second-order valence-corrected chi connectivity index (χ2v) is 4.73. The Morgan fingerprint density at radius 3 is 2.75 bits per heavy atom. The van der Waals surface area contributed by atoms with Crippen molar-refractivity contribution in [2.75, 3.05) is 6.54 Å². The Labute approximate surface area is 97.8 Å². The average Bonchev–Trinajstić information content (AvgIpc) is 2.61. The molecule has 1 fully saturated rings. The molecule has 0 radical (unpaired) electrons. The minimum absolute atomic E-state index is 0.372. The Kier molecular flexibility index (Phi) is 3.97. The highest BCUT2D eigenvalue weighted by molar-refractivity contribution is 5.15. The van der Waals surface area contributed by atoms with Gasteiger partial charge in [0.1, 0.15) is 0 Å². The van der Waals surface area contributed by atoms with Crippen molar-refractivity contribution in [3.63, 3.8) is 0 Å². The summed E-state index contributed by atoms with van der Waals surface area (Å²) in [6, 6.07) is 10.7. The van der Waals surface area contributed by atoms with Crippen molar-refractivity contribution < 1.29 is 4.74 Å². The molecule has 0 aliphatic carbocycles. The molecule has 0 bridgehead atoms. The van der Waals surface area contributed by atoms with Crippen molar-refractivity contribution in [2.24, 2.45) is 11.7 Å². The first-order valence-corrected chi connectivity index (χ1v) is 6.19. The van der Waals surface area contributed by atoms with Crippen LogP contribution in [0.5, 0.6) is 0 Å². The quantitative estimate of drug-likeness (QED) is 0.843. The second-order valence-electron chi connectivity index (χ2n) is 4.73. The topological polar surface area (TPSA) is 35.2 Å². The third-order valence-corrected chi connectivity index (χ3v) is 3.47. The van der Waals surface area contributed by atoms with Crippen LogP contribution in [0.3, 0.4) is 0 Å². The van der Waals surface area contributed by atoms with Gasteiger partial charge in [-0.3, -0.25) is 0 Å². The molecule has 16 heavy (non-hydrogen) atoms. The molecule has 1 heterocycles. The highest BCUT2D eigenvalue weighted by atomic mass is 16.5. The van der Waals surface area contributed by atoms with E-state index < -0.39 is 0 Å². The molecule has 2 N–H and O–H groups in total. The number of hydrogen-bond donors (Lipinski definition) is 1. The Balaban J connectivity index is 1.91. The van der Waals surface area contributed by atoms with Gasteiger partial charge in [0.2, 0.25) is 0 Å². The van der Waals surface area contributed by atoms with Crippen molar-refractivity contribution >= 4 is 0 Å². The van der Waals surface area contributed by atoms with Crippen molar-refractivity contribution in [2.45, 2.75) is 38.4 Å². The molecular weight excluding hydrogens is 198 g/mol. The molecule has 0 saturated carbocycles. The SMILES string of the molecule is C[C@@H]1O[C@H](CCN)C[C@@H]1Cc1ccccc1. The monoisotopic (exact) mass is 219 g/mol. The van der Waals surface area contributed by atoms with E-state index in [9.17, 15) is 0 Å². The summed E-state index contributed by atoms with van der Waals surface area (Å²) in [5.74, 6) is 0.652. The summed E-state index contributed by atoms with van der Waals surface area (Å²) in [5, 5.41) is 0. The van der Waals surface area contributed by atoms with Gasteiger partial charge in [0.25, 0.3) is 0 Å². The molecule has 0 aromatic heterocycles. The van der Waals surface area contributed by atoms with Gasteiger partial charge in [0.15, 0.2) is 0 Å². The third kappa shape index (κ3) is 2.83. The second kappa shape index (κ2) is 5.46. The fourth-order valence-electron chi connectivity index (χ4n) is 2.54. The Hall–Kier alpha value is -0.860. The Bertz CT molecular complexity index is 312. The summed E-state index contributed by atoms with van der Waals surface area (Å²) in [7, 11) is 0. The van der Waals surface area contributed by atoms with Gasteiger partial charge in [0, 0.05) is 0 Å². The first kappa shape index (κ1) is 11.6. The maximum atomic E-state index is 5.91. The van der Waals surface area contributed by atoms with Crippen LogP contribution in [0, 0.1) is 5.92 Å². The molecule has 1 aliphatic heterocycles. The van der Waals surface area contributed by atoms with Gasteiger partial charge in [-0.1, -0.05) is 30.3 Å². The van der Waals surface area contributed by atoms with Gasteiger partial charge in [-0.25, -0.2) is 0 Å². The average molecular weight is 219 g/mol. The van der Waals surface area contributed by atoms with Gasteiger partial charge in [0.05, 0.1) is 12.2 Å². The molecule has 1 saturated heterocycles. The van der Waals surface area contributed by atoms with E-state index in [1.165, 1.54) is 5.56 Å². The van der Waals surface area contributed by atoms with Crippen LogP contribution >= 0.6 is 0 Å². The summed E-state index contributed by atoms with van der Waals surface area (Å²) in [6.07, 6.45) is 4.04. The van der Waals surface area contributed by atoms with E-state index >= 15 is 0 Å². The normalized spacial score (nSPS) is 29.5. The lowest BCUT2D eigenvalue weighted by molar-refractivity contribution is 0.0430. The first-order chi connectivity index (χ1) is 7.79. The minimum atomic E-state index is 0.372. The number of ether oxygens (including phenoxy) is 1. The van der Waals surface area contributed by atoms with E-state index in [-0.39, 0.29) is 0 Å². The molecule has 0 unspecified atom stereocenters. The molecule has 0 amide bonds. The Morgan fingerprint density at radius 2 is 2.06 bits per heavy atom. The molecule has 1 aliphatic rings. The van der Waals surface area contributed by atoms with Crippen LogP contribution in [0.2, 0.25) is 0 Å². The summed E-state index contributed by atoms with van der Waals surface area (Å²) in [5.41, 5.74) is 6.99. The van der Waals surface area contributed by atoms with Crippen LogP contribution in [-0.2, 0) is 11.2 Å². The lowest BCUT2D eigenvalue weighted by Gasteiger charge is -2.13. The number of rotatable bonds is 4. The molecule has 2 heteroatoms. The summed E-state index contributed by atoms with van der Waals surface area (Å²) in [4.78, 5) is 0. The molecule has 3 atom stereocenters. The molecule has 1 aromatic carbocycles. The van der Waals surface area contributed by atoms with E-state index in [0.717, 1.165) is 25.8 Å². The smallest absolute Gasteiger partial charge is 0.0594 e. The molecule has 1 aromatic rings. The van der Waals surface area contributed by atoms with Gasteiger partial charge < -0.3 is 10.5 Å². The molecule has 88 valence electrons. The zero-order valence-corrected chi connectivity index (χ0v) is 9.93. The predicted octanol–water partition coefficient (Wildman–Crippen LogP) is 2.37. The lowest BCUT2D eigenvalue weighted by Crippen LogP contribution is -2.14. The van der Waals surface area contributed by atoms with Crippen molar-refractivity contribution in [3.8, 4) is 0 Å². The van der Waals surface area contributed by atoms with Crippen LogP contribution in [0.4, 0.5) is 0 Å². The zero-order valence-electron chi connectivity index (χ0n) is 9.93. The van der Waals surface area contributed by atoms with Gasteiger partial charge in [-0.15, -0.1) is 0 Å². The van der Waals surface area contributed by atoms with Crippen LogP contribution in [0.1, 0.15) is 25.3 Å². The van der Waals surface area contributed by atoms with Crippen molar-refractivity contribution in [1.29, 1.82) is 0 Å². The molecule has 0 spiro atoms. The highest BCUT2D eigenvalue weighted by Gasteiger charge is 2.31. The summed E-state index contributed by atoms with van der Waals surface area (Å²) >= 11 is 0. The van der Waals surface area contributed by atoms with E-state index in [2.05, 4.69) is 37.3 Å². The molecular formula is C14H21NO. The minimum Gasteiger partial charge on any atom is -0.375 e. The van der Waals surface area contributed by atoms with Crippen molar-refractivity contribution in [3.05, 3.63) is 35.9 Å². The van der Waals surface area contributed by atoms with Gasteiger partial charge >= 0.3 is 0 Å². The fourth-order valence-corrected chi connectivity index (χ4v) is 2.54.